The van der Waals surface area contributed by atoms with Gasteiger partial charge in [0.1, 0.15) is 17.6 Å². The fourth-order valence-corrected chi connectivity index (χ4v) is 9.08. The van der Waals surface area contributed by atoms with Crippen molar-refractivity contribution < 1.29 is 28.9 Å². The summed E-state index contributed by atoms with van der Waals surface area (Å²) in [6.45, 7) is 3.26. The molecule has 308 valence electrons. The summed E-state index contributed by atoms with van der Waals surface area (Å²) < 4.78 is 30.2. The highest BCUT2D eigenvalue weighted by atomic mass is 19.1. The summed E-state index contributed by atoms with van der Waals surface area (Å²) in [6.07, 6.45) is 17.4. The van der Waals surface area contributed by atoms with Crippen LogP contribution in [-0.4, -0.2) is 82.9 Å². The predicted molar refractivity (Wildman–Crippen MR) is 226 cm³/mol. The van der Waals surface area contributed by atoms with Crippen molar-refractivity contribution in [1.82, 2.24) is 25.5 Å². The third-order valence-electron chi connectivity index (χ3n) is 12.4. The summed E-state index contributed by atoms with van der Waals surface area (Å²) in [7, 11) is 0. The molecule has 0 bridgehead atoms. The van der Waals surface area contributed by atoms with Gasteiger partial charge in [-0.15, -0.1) is 0 Å². The zero-order valence-corrected chi connectivity index (χ0v) is 32.3. The van der Waals surface area contributed by atoms with E-state index in [0.717, 1.165) is 107 Å². The van der Waals surface area contributed by atoms with Gasteiger partial charge in [0.25, 0.3) is 0 Å². The van der Waals surface area contributed by atoms with Gasteiger partial charge in [-0.3, -0.25) is 19.7 Å². The normalized spacial score (nSPS) is 23.8. The van der Waals surface area contributed by atoms with Crippen LogP contribution in [0.3, 0.4) is 0 Å². The minimum atomic E-state index is -0.556. The van der Waals surface area contributed by atoms with Gasteiger partial charge in [0.15, 0.2) is 5.82 Å². The lowest BCUT2D eigenvalue weighted by atomic mass is 9.89. The summed E-state index contributed by atoms with van der Waals surface area (Å²) in [4.78, 5) is 50.3. The Bertz CT molecular complexity index is 2040. The number of hydrogen-bond acceptors (Lipinski definition) is 9. The Kier molecular flexibility index (Phi) is 11.9. The molecule has 57 heavy (non-hydrogen) atoms. The van der Waals surface area contributed by atoms with Crippen LogP contribution in [0.5, 0.6) is 0 Å². The molecular weight excluding hydrogens is 727 g/mol. The number of amides is 3. The molecule has 4 N–H and O–H groups in total. The van der Waals surface area contributed by atoms with Gasteiger partial charge < -0.3 is 25.8 Å². The highest BCUT2D eigenvalue weighted by molar-refractivity contribution is 6.01. The molecule has 3 aliphatic heterocycles. The van der Waals surface area contributed by atoms with Gasteiger partial charge >= 0.3 is 0 Å². The van der Waals surface area contributed by atoms with Gasteiger partial charge in [-0.1, -0.05) is 36.4 Å². The maximum absolute atomic E-state index is 15.2. The molecule has 5 aliphatic rings. The maximum atomic E-state index is 15.2. The number of nitrogens with zero attached hydrogens (tertiary/aromatic N) is 4. The summed E-state index contributed by atoms with van der Waals surface area (Å²) >= 11 is 0. The van der Waals surface area contributed by atoms with E-state index in [4.69, 9.17) is 0 Å². The third-order valence-corrected chi connectivity index (χ3v) is 12.4. The monoisotopic (exact) mass is 786 g/mol. The van der Waals surface area contributed by atoms with Gasteiger partial charge in [0, 0.05) is 60.5 Å². The van der Waals surface area contributed by atoms with Gasteiger partial charge in [-0.25, -0.2) is 18.7 Å². The second-order valence-corrected chi connectivity index (χ2v) is 16.2. The average Bonchev–Trinajstić information content (AvgIpc) is 3.24. The molecule has 8 rings (SSSR count). The summed E-state index contributed by atoms with van der Waals surface area (Å²) in [5.41, 5.74) is 4.27. The zero-order valence-electron chi connectivity index (χ0n) is 32.3. The van der Waals surface area contributed by atoms with Crippen LogP contribution in [0.25, 0.3) is 16.8 Å². The number of aromatic nitrogens is 2. The molecule has 2 aromatic carbocycles. The molecule has 1 saturated carbocycles. The van der Waals surface area contributed by atoms with Crippen LogP contribution in [0.1, 0.15) is 88.3 Å². The van der Waals surface area contributed by atoms with Gasteiger partial charge in [0.05, 0.1) is 11.9 Å². The van der Waals surface area contributed by atoms with E-state index < -0.39 is 11.9 Å². The second kappa shape index (κ2) is 17.5. The van der Waals surface area contributed by atoms with E-state index in [1.165, 1.54) is 12.3 Å². The first-order chi connectivity index (χ1) is 27.8. The summed E-state index contributed by atoms with van der Waals surface area (Å²) in [5, 5.41) is 12.1. The van der Waals surface area contributed by atoms with Crippen molar-refractivity contribution in [1.29, 1.82) is 0 Å². The van der Waals surface area contributed by atoms with Gasteiger partial charge in [-0.2, -0.15) is 0 Å². The fraction of sp³-hybridized carbons (Fsp3) is 0.477. The first-order valence-electron chi connectivity index (χ1n) is 20.7. The van der Waals surface area contributed by atoms with Crippen molar-refractivity contribution in [2.75, 3.05) is 41.7 Å². The number of likely N-dealkylation sites (tertiary alicyclic amines) is 1. The van der Waals surface area contributed by atoms with Crippen molar-refractivity contribution >= 4 is 40.6 Å². The number of allylic oxidation sites excluding steroid dienone is 4. The van der Waals surface area contributed by atoms with E-state index in [2.05, 4.69) is 59.3 Å². The Hall–Kier alpha value is -5.17. The molecule has 4 fully saturated rings. The Morgan fingerprint density at radius 1 is 0.825 bits per heavy atom. The molecule has 3 saturated heterocycles. The quantitative estimate of drug-likeness (QED) is 0.154. The molecular formula is C44H60F2N8O3. The molecule has 3 amide bonds. The van der Waals surface area contributed by atoms with Gasteiger partial charge in [0.2, 0.25) is 23.7 Å². The SMILES string of the molecule is O=C1CCC(Nc2ccc(N3CCC(N4CCC(C(=O)NC5CCC(Nc6ncc(F)c(-c7cccc(C8=CCCC=C8)c7)n6)CC5)CC4)CC3)c(F)c2)C(=O)N1.[HH].[HH].[HH].[HH]. The van der Waals surface area contributed by atoms with E-state index in [-0.39, 0.29) is 59.4 Å². The Balaban J connectivity index is 0.00000205. The lowest BCUT2D eigenvalue weighted by molar-refractivity contribution is -0.133. The molecule has 3 aromatic rings. The molecule has 2 aliphatic carbocycles. The summed E-state index contributed by atoms with van der Waals surface area (Å²) in [6, 6.07) is 13.0. The topological polar surface area (TPSA) is 132 Å². The number of imide groups is 1. The number of hydrogen-bond donors (Lipinski definition) is 4. The molecule has 1 unspecified atom stereocenters. The van der Waals surface area contributed by atoms with Crippen LogP contribution < -0.4 is 26.2 Å². The van der Waals surface area contributed by atoms with Crippen molar-refractivity contribution in [3.63, 3.8) is 0 Å². The number of benzene rings is 2. The lowest BCUT2D eigenvalue weighted by Gasteiger charge is -2.42. The Labute approximate surface area is 338 Å². The average molecular weight is 787 g/mol. The molecule has 11 nitrogen and oxygen atoms in total. The van der Waals surface area contributed by atoms with E-state index in [9.17, 15) is 18.8 Å². The van der Waals surface area contributed by atoms with Crippen LogP contribution >= 0.6 is 0 Å². The van der Waals surface area contributed by atoms with Crippen LogP contribution in [0.2, 0.25) is 0 Å². The van der Waals surface area contributed by atoms with Crippen LogP contribution in [0.4, 0.5) is 26.1 Å². The third kappa shape index (κ3) is 9.35. The number of rotatable bonds is 10. The molecule has 4 heterocycles. The van der Waals surface area contributed by atoms with E-state index >= 15 is 4.39 Å². The van der Waals surface area contributed by atoms with Crippen molar-refractivity contribution in [2.24, 2.45) is 5.92 Å². The maximum Gasteiger partial charge on any atom is 0.249 e. The molecule has 1 aromatic heterocycles. The minimum absolute atomic E-state index is 0. The van der Waals surface area contributed by atoms with E-state index in [1.807, 2.05) is 24.3 Å². The van der Waals surface area contributed by atoms with Crippen LogP contribution in [-0.2, 0) is 14.4 Å². The number of carbonyl (C=O) groups is 3. The Morgan fingerprint density at radius 3 is 2.33 bits per heavy atom. The smallest absolute Gasteiger partial charge is 0.249 e. The first kappa shape index (κ1) is 38.7. The lowest BCUT2D eigenvalue weighted by Crippen LogP contribution is -2.50. The van der Waals surface area contributed by atoms with Crippen molar-refractivity contribution in [3.8, 4) is 11.3 Å². The largest absolute Gasteiger partial charge is 0.374 e. The number of halogens is 2. The molecule has 0 spiro atoms. The predicted octanol–water partition coefficient (Wildman–Crippen LogP) is 7.58. The minimum Gasteiger partial charge on any atom is -0.374 e. The molecule has 0 radical (unpaired) electrons. The van der Waals surface area contributed by atoms with Crippen molar-refractivity contribution in [2.45, 2.75) is 101 Å². The Morgan fingerprint density at radius 2 is 1.60 bits per heavy atom. The van der Waals surface area contributed by atoms with E-state index in [1.54, 1.807) is 12.1 Å². The molecule has 13 heteroatoms. The first-order valence-corrected chi connectivity index (χ1v) is 20.7. The highest BCUT2D eigenvalue weighted by Crippen LogP contribution is 2.32. The highest BCUT2D eigenvalue weighted by Gasteiger charge is 2.33. The second-order valence-electron chi connectivity index (χ2n) is 16.2. The number of carbonyl (C=O) groups excluding carboxylic acids is 3. The van der Waals surface area contributed by atoms with Crippen LogP contribution in [0.15, 0.2) is 66.9 Å². The molecule has 1 atom stereocenters. The van der Waals surface area contributed by atoms with E-state index in [0.29, 0.717) is 29.8 Å². The zero-order chi connectivity index (χ0) is 39.3. The van der Waals surface area contributed by atoms with Crippen LogP contribution in [0, 0.1) is 17.6 Å². The van der Waals surface area contributed by atoms with Crippen molar-refractivity contribution in [3.05, 3.63) is 84.1 Å². The van der Waals surface area contributed by atoms with Gasteiger partial charge in [-0.05, 0) is 119 Å². The fourth-order valence-electron chi connectivity index (χ4n) is 9.08. The number of piperidine rings is 3. The summed E-state index contributed by atoms with van der Waals surface area (Å²) in [5.74, 6) is -0.869. The number of nitrogens with one attached hydrogen (secondary N) is 4. The standard InChI is InChI=1S/C44H52F2N8O3.4H2/c45-36-26-34(48-38-14-16-40(55)51-43(38)57)13-15-39(36)54-23-19-35(20-24-54)53-21-17-29(18-22-53)42(56)49-32-9-11-33(12-10-32)50-44-47-27-37(46)41(52-44)31-8-4-7-30(25-31)28-5-2-1-3-6-28;;;;/h2,4-8,13,15,25-27,29,32-33,35,38,48H,1,3,9-12,14,16-24H2,(H,49,56)(H,47,50,52)(H,51,55,57);4*1H. The number of anilines is 3.